The van der Waals surface area contributed by atoms with Crippen molar-refractivity contribution in [3.05, 3.63) is 0 Å². The second kappa shape index (κ2) is 3.87. The zero-order valence-electron chi connectivity index (χ0n) is 9.16. The number of rotatable bonds is 4. The van der Waals surface area contributed by atoms with Crippen LogP contribution in [0.15, 0.2) is 0 Å². The summed E-state index contributed by atoms with van der Waals surface area (Å²) in [6.07, 6.45) is 2.08. The summed E-state index contributed by atoms with van der Waals surface area (Å²) >= 11 is 0. The SMILES string of the molecule is CC(CO)N(C)C(=O)C(C)(N)C1CC1. The van der Waals surface area contributed by atoms with Gasteiger partial charge in [0, 0.05) is 7.05 Å². The fraction of sp³-hybridized carbons (Fsp3) is 0.900. The number of nitrogens with two attached hydrogens (primary N) is 1. The summed E-state index contributed by atoms with van der Waals surface area (Å²) in [6.45, 7) is 3.57. The molecule has 1 saturated carbocycles. The molecule has 4 nitrogen and oxygen atoms in total. The maximum Gasteiger partial charge on any atom is 0.242 e. The van der Waals surface area contributed by atoms with E-state index in [9.17, 15) is 4.79 Å². The maximum absolute atomic E-state index is 11.9. The molecule has 82 valence electrons. The number of nitrogens with zero attached hydrogens (tertiary/aromatic N) is 1. The van der Waals surface area contributed by atoms with Crippen LogP contribution in [-0.2, 0) is 4.79 Å². The van der Waals surface area contributed by atoms with Crippen molar-refractivity contribution in [1.82, 2.24) is 4.90 Å². The number of carbonyl (C=O) groups is 1. The highest BCUT2D eigenvalue weighted by Crippen LogP contribution is 2.38. The molecule has 0 saturated heterocycles. The van der Waals surface area contributed by atoms with Crippen LogP contribution in [0, 0.1) is 5.92 Å². The van der Waals surface area contributed by atoms with E-state index in [0.29, 0.717) is 5.92 Å². The Balaban J connectivity index is 2.63. The molecule has 14 heavy (non-hydrogen) atoms. The number of aliphatic hydroxyl groups is 1. The monoisotopic (exact) mass is 200 g/mol. The molecular weight excluding hydrogens is 180 g/mol. The van der Waals surface area contributed by atoms with Crippen LogP contribution in [0.25, 0.3) is 0 Å². The van der Waals surface area contributed by atoms with E-state index in [1.54, 1.807) is 25.8 Å². The number of hydrogen-bond donors (Lipinski definition) is 2. The molecule has 0 heterocycles. The molecule has 1 rings (SSSR count). The third kappa shape index (κ3) is 2.07. The fourth-order valence-corrected chi connectivity index (χ4v) is 1.56. The molecule has 0 spiro atoms. The van der Waals surface area contributed by atoms with Crippen LogP contribution in [0.5, 0.6) is 0 Å². The molecule has 1 aliphatic rings. The van der Waals surface area contributed by atoms with Gasteiger partial charge in [-0.25, -0.2) is 0 Å². The van der Waals surface area contributed by atoms with E-state index < -0.39 is 5.54 Å². The molecule has 2 unspecified atom stereocenters. The summed E-state index contributed by atoms with van der Waals surface area (Å²) in [6, 6.07) is -0.163. The van der Waals surface area contributed by atoms with Crippen LogP contribution >= 0.6 is 0 Å². The van der Waals surface area contributed by atoms with Crippen LogP contribution in [0.3, 0.4) is 0 Å². The second-order valence-electron chi connectivity index (χ2n) is 4.50. The van der Waals surface area contributed by atoms with Gasteiger partial charge in [0.1, 0.15) is 0 Å². The molecule has 0 aromatic rings. The molecule has 1 fully saturated rings. The third-order valence-electron chi connectivity index (χ3n) is 3.13. The van der Waals surface area contributed by atoms with E-state index in [-0.39, 0.29) is 18.6 Å². The summed E-state index contributed by atoms with van der Waals surface area (Å²) < 4.78 is 0. The van der Waals surface area contributed by atoms with Crippen molar-refractivity contribution in [2.45, 2.75) is 38.3 Å². The lowest BCUT2D eigenvalue weighted by Crippen LogP contribution is -2.56. The summed E-state index contributed by atoms with van der Waals surface area (Å²) in [7, 11) is 1.69. The van der Waals surface area contributed by atoms with Gasteiger partial charge in [0.2, 0.25) is 5.91 Å². The molecule has 0 radical (unpaired) electrons. The fourth-order valence-electron chi connectivity index (χ4n) is 1.56. The van der Waals surface area contributed by atoms with Crippen molar-refractivity contribution in [3.8, 4) is 0 Å². The highest BCUT2D eigenvalue weighted by molar-refractivity contribution is 5.86. The first-order chi connectivity index (χ1) is 6.41. The first-order valence-corrected chi connectivity index (χ1v) is 5.08. The second-order valence-corrected chi connectivity index (χ2v) is 4.50. The van der Waals surface area contributed by atoms with E-state index in [1.165, 1.54) is 0 Å². The third-order valence-corrected chi connectivity index (χ3v) is 3.13. The quantitative estimate of drug-likeness (QED) is 0.669. The van der Waals surface area contributed by atoms with Crippen molar-refractivity contribution in [3.63, 3.8) is 0 Å². The van der Waals surface area contributed by atoms with Crippen molar-refractivity contribution < 1.29 is 9.90 Å². The van der Waals surface area contributed by atoms with Gasteiger partial charge in [-0.05, 0) is 32.6 Å². The smallest absolute Gasteiger partial charge is 0.242 e. The van der Waals surface area contributed by atoms with Gasteiger partial charge in [0.15, 0.2) is 0 Å². The largest absolute Gasteiger partial charge is 0.394 e. The highest BCUT2D eigenvalue weighted by Gasteiger charge is 2.45. The Morgan fingerprint density at radius 3 is 2.57 bits per heavy atom. The van der Waals surface area contributed by atoms with Gasteiger partial charge in [-0.3, -0.25) is 4.79 Å². The minimum absolute atomic E-state index is 0.0248. The predicted molar refractivity (Wildman–Crippen MR) is 54.6 cm³/mol. The van der Waals surface area contributed by atoms with Gasteiger partial charge in [-0.15, -0.1) is 0 Å². The normalized spacial score (nSPS) is 22.6. The average molecular weight is 200 g/mol. The molecule has 3 N–H and O–H groups in total. The zero-order chi connectivity index (χ0) is 10.9. The first-order valence-electron chi connectivity index (χ1n) is 5.08. The van der Waals surface area contributed by atoms with Crippen molar-refractivity contribution in [1.29, 1.82) is 0 Å². The Morgan fingerprint density at radius 2 is 2.21 bits per heavy atom. The molecular formula is C10H20N2O2. The van der Waals surface area contributed by atoms with Crippen molar-refractivity contribution >= 4 is 5.91 Å². The molecule has 4 heteroatoms. The van der Waals surface area contributed by atoms with Crippen LogP contribution < -0.4 is 5.73 Å². The average Bonchev–Trinajstić information content (AvgIpc) is 2.97. The van der Waals surface area contributed by atoms with E-state index in [0.717, 1.165) is 12.8 Å². The van der Waals surface area contributed by atoms with Crippen molar-refractivity contribution in [2.75, 3.05) is 13.7 Å². The van der Waals surface area contributed by atoms with E-state index >= 15 is 0 Å². The standard InChI is InChI=1S/C10H20N2O2/c1-7(6-13)12(3)9(14)10(2,11)8-4-5-8/h7-8,13H,4-6,11H2,1-3H3. The van der Waals surface area contributed by atoms with Crippen LogP contribution in [0.4, 0.5) is 0 Å². The van der Waals surface area contributed by atoms with Crippen molar-refractivity contribution in [2.24, 2.45) is 11.7 Å². The first kappa shape index (κ1) is 11.5. The van der Waals surface area contributed by atoms with E-state index in [2.05, 4.69) is 0 Å². The lowest BCUT2D eigenvalue weighted by molar-refractivity contribution is -0.138. The Labute approximate surface area is 85.1 Å². The molecule has 1 aliphatic carbocycles. The number of likely N-dealkylation sites (N-methyl/N-ethyl adjacent to an activating group) is 1. The van der Waals surface area contributed by atoms with Gasteiger partial charge in [0.05, 0.1) is 18.2 Å². The number of hydrogen-bond acceptors (Lipinski definition) is 3. The maximum atomic E-state index is 11.9. The number of carbonyl (C=O) groups excluding carboxylic acids is 1. The number of amides is 1. The summed E-state index contributed by atoms with van der Waals surface area (Å²) in [5.74, 6) is 0.255. The molecule has 0 bridgehead atoms. The molecule has 0 aliphatic heterocycles. The summed E-state index contributed by atoms with van der Waals surface area (Å²) in [5, 5.41) is 8.94. The van der Waals surface area contributed by atoms with Gasteiger partial charge in [0.25, 0.3) is 0 Å². The Kier molecular flexibility index (Phi) is 3.17. The lowest BCUT2D eigenvalue weighted by atomic mass is 9.95. The highest BCUT2D eigenvalue weighted by atomic mass is 16.3. The number of aliphatic hydroxyl groups excluding tert-OH is 1. The topological polar surface area (TPSA) is 66.6 Å². The Morgan fingerprint density at radius 1 is 1.71 bits per heavy atom. The zero-order valence-corrected chi connectivity index (χ0v) is 9.16. The van der Waals surface area contributed by atoms with Gasteiger partial charge in [-0.2, -0.15) is 0 Å². The summed E-state index contributed by atoms with van der Waals surface area (Å²) in [5.41, 5.74) is 5.23. The molecule has 0 aromatic carbocycles. The van der Waals surface area contributed by atoms with Crippen LogP contribution in [0.1, 0.15) is 26.7 Å². The minimum Gasteiger partial charge on any atom is -0.394 e. The molecule has 1 amide bonds. The van der Waals surface area contributed by atoms with Gasteiger partial charge < -0.3 is 15.7 Å². The predicted octanol–water partition coefficient (Wildman–Crippen LogP) is -0.0470. The Hall–Kier alpha value is -0.610. The summed E-state index contributed by atoms with van der Waals surface area (Å²) in [4.78, 5) is 13.5. The van der Waals surface area contributed by atoms with E-state index in [1.807, 2.05) is 0 Å². The van der Waals surface area contributed by atoms with Gasteiger partial charge >= 0.3 is 0 Å². The molecule has 0 aromatic heterocycles. The van der Waals surface area contributed by atoms with E-state index in [4.69, 9.17) is 10.8 Å². The Bertz CT molecular complexity index is 224. The van der Waals surface area contributed by atoms with Crippen LogP contribution in [-0.4, -0.2) is 41.1 Å². The minimum atomic E-state index is -0.752. The lowest BCUT2D eigenvalue weighted by Gasteiger charge is -2.32. The van der Waals surface area contributed by atoms with Gasteiger partial charge in [-0.1, -0.05) is 0 Å². The molecule has 2 atom stereocenters. The van der Waals surface area contributed by atoms with Crippen LogP contribution in [0.2, 0.25) is 0 Å².